The summed E-state index contributed by atoms with van der Waals surface area (Å²) in [6.45, 7) is 6.48. The molecule has 0 radical (unpaired) electrons. The Morgan fingerprint density at radius 1 is 0.339 bits per heavy atom. The molecule has 0 amide bonds. The minimum Gasteiger partial charge on any atom is -0.462 e. The first-order chi connectivity index (χ1) is 30.5. The van der Waals surface area contributed by atoms with E-state index in [0.717, 1.165) is 89.9 Å². The van der Waals surface area contributed by atoms with Crippen LogP contribution in [0, 0.1) is 0 Å². The van der Waals surface area contributed by atoms with E-state index in [1.807, 2.05) is 0 Å². The zero-order chi connectivity index (χ0) is 45.1. The maximum absolute atomic E-state index is 12.8. The normalized spacial score (nSPS) is 12.4. The van der Waals surface area contributed by atoms with E-state index in [1.54, 1.807) is 0 Å². The third-order valence-corrected chi connectivity index (χ3v) is 11.6. The molecule has 0 aliphatic heterocycles. The lowest BCUT2D eigenvalue weighted by Crippen LogP contribution is -2.30. The Hall–Kier alpha value is -2.63. The highest BCUT2D eigenvalue weighted by Gasteiger charge is 2.19. The summed E-state index contributed by atoms with van der Waals surface area (Å²) in [5.41, 5.74) is 0. The number of carbonyl (C=O) groups is 3. The Morgan fingerprint density at radius 2 is 0.629 bits per heavy atom. The molecule has 0 spiro atoms. The van der Waals surface area contributed by atoms with Crippen molar-refractivity contribution in [1.82, 2.24) is 0 Å². The number of rotatable bonds is 48. The van der Waals surface area contributed by atoms with Crippen LogP contribution in [0.5, 0.6) is 0 Å². The molecule has 0 fully saturated rings. The van der Waals surface area contributed by atoms with Crippen LogP contribution in [0.15, 0.2) is 48.6 Å². The van der Waals surface area contributed by atoms with Crippen molar-refractivity contribution in [2.45, 2.75) is 277 Å². The Labute approximate surface area is 384 Å². The molecule has 0 aliphatic carbocycles. The van der Waals surface area contributed by atoms with Crippen LogP contribution in [0.4, 0.5) is 0 Å². The van der Waals surface area contributed by atoms with E-state index < -0.39 is 6.10 Å². The van der Waals surface area contributed by atoms with Gasteiger partial charge in [-0.25, -0.2) is 0 Å². The van der Waals surface area contributed by atoms with Crippen molar-refractivity contribution in [3.05, 3.63) is 48.6 Å². The molecule has 6 nitrogen and oxygen atoms in total. The molecule has 0 saturated heterocycles. The highest BCUT2D eigenvalue weighted by molar-refractivity contribution is 5.71. The number of allylic oxidation sites excluding steroid dienone is 8. The first-order valence-electron chi connectivity index (χ1n) is 26.6. The van der Waals surface area contributed by atoms with Crippen LogP contribution >= 0.6 is 0 Å². The van der Waals surface area contributed by atoms with Crippen molar-refractivity contribution in [1.29, 1.82) is 0 Å². The Kier molecular flexibility index (Phi) is 48.8. The van der Waals surface area contributed by atoms with E-state index >= 15 is 0 Å². The minimum absolute atomic E-state index is 0.0756. The van der Waals surface area contributed by atoms with E-state index in [2.05, 4.69) is 69.4 Å². The van der Waals surface area contributed by atoms with E-state index in [1.165, 1.54) is 141 Å². The highest BCUT2D eigenvalue weighted by atomic mass is 16.6. The molecule has 62 heavy (non-hydrogen) atoms. The quantitative estimate of drug-likeness (QED) is 0.0262. The molecule has 0 aliphatic rings. The summed E-state index contributed by atoms with van der Waals surface area (Å²) in [5, 5.41) is 0. The van der Waals surface area contributed by atoms with Gasteiger partial charge in [0.15, 0.2) is 6.10 Å². The average Bonchev–Trinajstić information content (AvgIpc) is 3.27. The molecule has 1 unspecified atom stereocenters. The van der Waals surface area contributed by atoms with Gasteiger partial charge >= 0.3 is 17.9 Å². The first kappa shape index (κ1) is 59.4. The molecule has 6 heteroatoms. The predicted octanol–water partition coefficient (Wildman–Crippen LogP) is 17.5. The van der Waals surface area contributed by atoms with Crippen LogP contribution in [0.2, 0.25) is 0 Å². The third-order valence-electron chi connectivity index (χ3n) is 11.6. The Morgan fingerprint density at radius 3 is 0.984 bits per heavy atom. The molecule has 0 saturated carbocycles. The van der Waals surface area contributed by atoms with Crippen molar-refractivity contribution in [2.75, 3.05) is 13.2 Å². The van der Waals surface area contributed by atoms with E-state index in [9.17, 15) is 14.4 Å². The second-order valence-corrected chi connectivity index (χ2v) is 17.8. The summed E-state index contributed by atoms with van der Waals surface area (Å²) in [6.07, 6.45) is 61.2. The van der Waals surface area contributed by atoms with Crippen LogP contribution < -0.4 is 0 Å². The Bertz CT molecular complexity index is 1090. The predicted molar refractivity (Wildman–Crippen MR) is 265 cm³/mol. The Balaban J connectivity index is 4.19. The summed E-state index contributed by atoms with van der Waals surface area (Å²) < 4.78 is 16.7. The van der Waals surface area contributed by atoms with Gasteiger partial charge in [0.2, 0.25) is 0 Å². The molecule has 0 aromatic rings. The number of ether oxygens (including phenoxy) is 3. The zero-order valence-corrected chi connectivity index (χ0v) is 41.1. The van der Waals surface area contributed by atoms with E-state index in [4.69, 9.17) is 14.2 Å². The topological polar surface area (TPSA) is 78.9 Å². The van der Waals surface area contributed by atoms with Crippen LogP contribution in [0.25, 0.3) is 0 Å². The zero-order valence-electron chi connectivity index (χ0n) is 41.1. The van der Waals surface area contributed by atoms with Crippen molar-refractivity contribution in [3.63, 3.8) is 0 Å². The number of unbranched alkanes of at least 4 members (excludes halogenated alkanes) is 29. The third kappa shape index (κ3) is 48.4. The van der Waals surface area contributed by atoms with Crippen LogP contribution in [-0.2, 0) is 28.6 Å². The fourth-order valence-electron chi connectivity index (χ4n) is 7.61. The van der Waals surface area contributed by atoms with Gasteiger partial charge in [0, 0.05) is 19.3 Å². The summed E-state index contributed by atoms with van der Waals surface area (Å²) >= 11 is 0. The number of hydrogen-bond acceptors (Lipinski definition) is 6. The number of esters is 3. The van der Waals surface area contributed by atoms with Gasteiger partial charge in [-0.1, -0.05) is 243 Å². The monoisotopic (exact) mass is 869 g/mol. The maximum atomic E-state index is 12.8. The number of hydrogen-bond donors (Lipinski definition) is 0. The van der Waals surface area contributed by atoms with E-state index in [-0.39, 0.29) is 31.1 Å². The molecular formula is C56H100O6. The smallest absolute Gasteiger partial charge is 0.306 e. The molecule has 0 aromatic heterocycles. The van der Waals surface area contributed by atoms with Gasteiger partial charge in [-0.05, 0) is 57.8 Å². The maximum Gasteiger partial charge on any atom is 0.306 e. The van der Waals surface area contributed by atoms with Gasteiger partial charge in [0.05, 0.1) is 0 Å². The van der Waals surface area contributed by atoms with Crippen molar-refractivity contribution < 1.29 is 28.6 Å². The fraction of sp³-hybridized carbons (Fsp3) is 0.804. The van der Waals surface area contributed by atoms with Crippen LogP contribution in [-0.4, -0.2) is 37.2 Å². The van der Waals surface area contributed by atoms with Gasteiger partial charge < -0.3 is 14.2 Å². The summed E-state index contributed by atoms with van der Waals surface area (Å²) in [7, 11) is 0. The SMILES string of the molecule is CC/C=C\C/C=C\C/C=C\C/C=C\CCCCCCCCC(=O)OCC(COC(=O)CCCCCCCC)OC(=O)CCCCCCCCCCCCCCCCCCCCC. The molecule has 0 aromatic carbocycles. The summed E-state index contributed by atoms with van der Waals surface area (Å²) in [6, 6.07) is 0. The number of carbonyl (C=O) groups excluding carboxylic acids is 3. The van der Waals surface area contributed by atoms with Gasteiger partial charge in [-0.15, -0.1) is 0 Å². The van der Waals surface area contributed by atoms with E-state index in [0.29, 0.717) is 19.3 Å². The van der Waals surface area contributed by atoms with Gasteiger partial charge in [-0.2, -0.15) is 0 Å². The van der Waals surface area contributed by atoms with Crippen molar-refractivity contribution in [2.24, 2.45) is 0 Å². The van der Waals surface area contributed by atoms with Crippen LogP contribution in [0.1, 0.15) is 271 Å². The standard InChI is InChI=1S/C56H100O6/c1-4-7-10-13-16-18-20-22-24-26-28-30-32-34-36-38-40-43-46-49-55(58)61-52-53(51-60-54(57)48-45-42-15-12-9-6-3)62-56(59)50-47-44-41-39-37-35-33-31-29-27-25-23-21-19-17-14-11-8-5-2/h7,10,16,18,22,24,28,30,53H,4-6,8-9,11-15,17,19-21,23,25-27,29,31-52H2,1-3H3/b10-7-,18-16-,24-22-,30-28-. The average molecular weight is 869 g/mol. The lowest BCUT2D eigenvalue weighted by molar-refractivity contribution is -0.167. The largest absolute Gasteiger partial charge is 0.462 e. The molecule has 0 heterocycles. The molecule has 1 atom stereocenters. The first-order valence-corrected chi connectivity index (χ1v) is 26.6. The lowest BCUT2D eigenvalue weighted by atomic mass is 10.0. The molecular weight excluding hydrogens is 769 g/mol. The van der Waals surface area contributed by atoms with Gasteiger partial charge in [0.1, 0.15) is 13.2 Å². The van der Waals surface area contributed by atoms with Gasteiger partial charge in [-0.3, -0.25) is 14.4 Å². The fourth-order valence-corrected chi connectivity index (χ4v) is 7.61. The minimum atomic E-state index is -0.773. The molecule has 360 valence electrons. The highest BCUT2D eigenvalue weighted by Crippen LogP contribution is 2.16. The van der Waals surface area contributed by atoms with Gasteiger partial charge in [0.25, 0.3) is 0 Å². The van der Waals surface area contributed by atoms with Crippen molar-refractivity contribution in [3.8, 4) is 0 Å². The molecule has 0 rings (SSSR count). The molecule has 0 N–H and O–H groups in total. The summed E-state index contributed by atoms with van der Waals surface area (Å²) in [4.78, 5) is 37.8. The second-order valence-electron chi connectivity index (χ2n) is 17.8. The second kappa shape index (κ2) is 51.0. The van der Waals surface area contributed by atoms with Crippen molar-refractivity contribution >= 4 is 17.9 Å². The van der Waals surface area contributed by atoms with Crippen LogP contribution in [0.3, 0.4) is 0 Å². The summed E-state index contributed by atoms with van der Waals surface area (Å²) in [5.74, 6) is -0.889. The molecule has 0 bridgehead atoms. The lowest BCUT2D eigenvalue weighted by Gasteiger charge is -2.18.